The average Bonchev–Trinajstić information content (AvgIpc) is 3.47. The van der Waals surface area contributed by atoms with Crippen molar-refractivity contribution in [3.05, 3.63) is 82.2 Å². The molecule has 0 saturated carbocycles. The summed E-state index contributed by atoms with van der Waals surface area (Å²) in [6, 6.07) is 0. The van der Waals surface area contributed by atoms with Crippen LogP contribution in [0.1, 0.15) is 0 Å². The Labute approximate surface area is 202 Å². The maximum atomic E-state index is 2.28. The predicted octanol–water partition coefficient (Wildman–Crippen LogP) is 10.2. The molecule has 4 heterocycles. The highest BCUT2D eigenvalue weighted by Crippen LogP contribution is 2.53. The van der Waals surface area contributed by atoms with Gasteiger partial charge in [-0.25, -0.2) is 0 Å². The van der Waals surface area contributed by atoms with E-state index in [-0.39, 0.29) is 0 Å². The van der Waals surface area contributed by atoms with E-state index in [0.717, 1.165) is 5.08 Å². The summed E-state index contributed by atoms with van der Waals surface area (Å²) in [6.07, 6.45) is 8.92. The Balaban J connectivity index is 1.15. The minimum atomic E-state index is 1.06. The lowest BCUT2D eigenvalue weighted by Gasteiger charge is -2.02. The maximum absolute atomic E-state index is 2.28. The zero-order valence-electron chi connectivity index (χ0n) is 13.6. The molecule has 4 aliphatic rings. The van der Waals surface area contributed by atoms with E-state index in [2.05, 4.69) is 56.8 Å². The van der Waals surface area contributed by atoms with E-state index in [1.807, 2.05) is 70.6 Å². The second kappa shape index (κ2) is 11.7. The molecule has 0 nitrogen and oxygen atoms in total. The van der Waals surface area contributed by atoms with Crippen molar-refractivity contribution in [2.75, 3.05) is 5.08 Å². The lowest BCUT2D eigenvalue weighted by molar-refractivity contribution is 2.05. The lowest BCUT2D eigenvalue weighted by Crippen LogP contribution is -1.70. The number of hydrogen-bond donors (Lipinski definition) is 0. The van der Waals surface area contributed by atoms with Crippen LogP contribution in [0.2, 0.25) is 0 Å². The largest absolute Gasteiger partial charge is 0.107 e. The molecule has 0 N–H and O–H groups in total. The Morgan fingerprint density at radius 2 is 0.963 bits per heavy atom. The van der Waals surface area contributed by atoms with Crippen LogP contribution in [0.15, 0.2) is 82.2 Å². The van der Waals surface area contributed by atoms with Gasteiger partial charge >= 0.3 is 0 Å². The summed E-state index contributed by atoms with van der Waals surface area (Å²) < 4.78 is 8.24. The molecule has 0 atom stereocenters. The first-order valence-electron chi connectivity index (χ1n) is 7.51. The van der Waals surface area contributed by atoms with E-state index in [0.29, 0.717) is 0 Å². The highest BCUT2D eigenvalue weighted by molar-refractivity contribution is 8.40. The van der Waals surface area contributed by atoms with Crippen molar-refractivity contribution in [1.82, 2.24) is 0 Å². The summed E-state index contributed by atoms with van der Waals surface area (Å²) in [5, 5.41) is 14.2. The second-order valence-corrected chi connectivity index (χ2v) is 16.4. The predicted molar refractivity (Wildman–Crippen MR) is 148 cm³/mol. The number of hydrogen-bond acceptors (Lipinski definition) is 10. The van der Waals surface area contributed by atoms with E-state index in [4.69, 9.17) is 0 Å². The monoisotopic (exact) mass is 536 g/mol. The molecule has 4 aliphatic heterocycles. The molecule has 27 heavy (non-hydrogen) atoms. The van der Waals surface area contributed by atoms with Gasteiger partial charge in [0.1, 0.15) is 0 Å². The van der Waals surface area contributed by atoms with Crippen LogP contribution in [0.5, 0.6) is 0 Å². The summed E-state index contributed by atoms with van der Waals surface area (Å²) in [6.45, 7) is 0. The van der Waals surface area contributed by atoms with E-state index in [1.54, 1.807) is 47.0 Å². The first kappa shape index (κ1) is 21.6. The molecule has 0 aliphatic carbocycles. The third kappa shape index (κ3) is 7.25. The minimum absolute atomic E-state index is 1.06. The van der Waals surface area contributed by atoms with Crippen LogP contribution in [0, 0.1) is 0 Å². The fraction of sp³-hybridized carbons (Fsp3) is 0.0588. The van der Waals surface area contributed by atoms with Gasteiger partial charge < -0.3 is 0 Å². The van der Waals surface area contributed by atoms with E-state index < -0.39 is 0 Å². The summed E-state index contributed by atoms with van der Waals surface area (Å²) in [5.41, 5.74) is 0. The fourth-order valence-corrected chi connectivity index (χ4v) is 12.4. The van der Waals surface area contributed by atoms with Crippen LogP contribution in [-0.4, -0.2) is 5.08 Å². The Morgan fingerprint density at radius 1 is 0.556 bits per heavy atom. The van der Waals surface area contributed by atoms with Gasteiger partial charge in [-0.1, -0.05) is 94.1 Å². The molecule has 0 unspecified atom stereocenters. The minimum Gasteiger partial charge on any atom is -0.107 e. The van der Waals surface area contributed by atoms with Gasteiger partial charge in [-0.3, -0.25) is 0 Å². The smallest absolute Gasteiger partial charge is 0.0530 e. The molecular formula is C17H12S10. The summed E-state index contributed by atoms with van der Waals surface area (Å²) in [7, 11) is 0. The maximum Gasteiger partial charge on any atom is 0.0530 e. The first-order valence-corrected chi connectivity index (χ1v) is 16.4. The van der Waals surface area contributed by atoms with Crippen LogP contribution in [0.4, 0.5) is 0 Å². The highest BCUT2D eigenvalue weighted by atomic mass is 32.3. The Kier molecular flexibility index (Phi) is 9.39. The molecule has 0 aromatic rings. The van der Waals surface area contributed by atoms with Crippen LogP contribution in [-0.2, 0) is 0 Å². The van der Waals surface area contributed by atoms with Crippen LogP contribution >= 0.6 is 118 Å². The van der Waals surface area contributed by atoms with E-state index in [9.17, 15) is 0 Å². The quantitative estimate of drug-likeness (QED) is 0.299. The molecule has 140 valence electrons. The van der Waals surface area contributed by atoms with Crippen LogP contribution in [0.25, 0.3) is 0 Å². The van der Waals surface area contributed by atoms with Crippen molar-refractivity contribution in [2.24, 2.45) is 0 Å². The Morgan fingerprint density at radius 3 is 1.41 bits per heavy atom. The zero-order valence-corrected chi connectivity index (χ0v) is 21.7. The Hall–Kier alpha value is 1.42. The molecule has 0 fully saturated rings. The third-order valence-corrected chi connectivity index (χ3v) is 14.4. The molecule has 0 saturated heterocycles. The zero-order chi connectivity index (χ0) is 18.3. The normalized spacial score (nSPS) is 24.4. The molecule has 4 rings (SSSR count). The van der Waals surface area contributed by atoms with Gasteiger partial charge in [0.15, 0.2) is 0 Å². The van der Waals surface area contributed by atoms with Crippen LogP contribution < -0.4 is 0 Å². The fourth-order valence-electron chi connectivity index (χ4n) is 1.79. The van der Waals surface area contributed by atoms with Crippen molar-refractivity contribution >= 4 is 118 Å². The van der Waals surface area contributed by atoms with Gasteiger partial charge in [0, 0.05) is 22.0 Å². The molecule has 0 radical (unpaired) electrons. The molecule has 10 heteroatoms. The van der Waals surface area contributed by atoms with Crippen molar-refractivity contribution < 1.29 is 0 Å². The topological polar surface area (TPSA) is 0 Å². The van der Waals surface area contributed by atoms with Gasteiger partial charge in [0.2, 0.25) is 0 Å². The molecular weight excluding hydrogens is 525 g/mol. The number of allylic oxidation sites excluding steroid dienone is 4. The first-order chi connectivity index (χ1) is 13.3. The summed E-state index contributed by atoms with van der Waals surface area (Å²) in [5.74, 6) is 0. The summed E-state index contributed by atoms with van der Waals surface area (Å²) >= 11 is 18.5. The molecule has 0 amide bonds. The third-order valence-electron chi connectivity index (χ3n) is 2.91. The Bertz CT molecular complexity index is 737. The van der Waals surface area contributed by atoms with E-state index in [1.165, 1.54) is 25.4 Å². The van der Waals surface area contributed by atoms with Gasteiger partial charge in [-0.15, -0.1) is 23.5 Å². The van der Waals surface area contributed by atoms with Crippen molar-refractivity contribution in [2.45, 2.75) is 0 Å². The summed E-state index contributed by atoms with van der Waals surface area (Å²) in [4.78, 5) is 0. The van der Waals surface area contributed by atoms with E-state index >= 15 is 0 Å². The molecule has 0 bridgehead atoms. The van der Waals surface area contributed by atoms with Crippen molar-refractivity contribution in [3.8, 4) is 0 Å². The second-order valence-electron chi connectivity index (χ2n) is 4.68. The SMILES string of the molecule is C1=CSC(=CC=C2SC=C(SCSC3=CSC(=CC=C4SC=CS4)S3)S2)S1. The standard InChI is InChI=1S/C17H12S10/c1(12-18-5-6-19-12)3-14-22-9-16(26-14)24-11-25-17-10-23-15(27-17)4-2-13-20-7-8-21-13/h1-10H,11H2. The average molecular weight is 537 g/mol. The number of thioether (sulfide) groups is 10. The lowest BCUT2D eigenvalue weighted by atomic mass is 10.6. The molecule has 0 spiro atoms. The van der Waals surface area contributed by atoms with Crippen LogP contribution in [0.3, 0.4) is 0 Å². The highest BCUT2D eigenvalue weighted by Gasteiger charge is 2.15. The van der Waals surface area contributed by atoms with Gasteiger partial charge in [0.25, 0.3) is 0 Å². The van der Waals surface area contributed by atoms with Gasteiger partial charge in [-0.05, 0) is 56.8 Å². The van der Waals surface area contributed by atoms with Crippen molar-refractivity contribution in [1.29, 1.82) is 0 Å². The molecule has 0 aromatic carbocycles. The van der Waals surface area contributed by atoms with Gasteiger partial charge in [0.05, 0.1) is 8.47 Å². The van der Waals surface area contributed by atoms with Gasteiger partial charge in [-0.2, -0.15) is 0 Å². The van der Waals surface area contributed by atoms with Crippen molar-refractivity contribution in [3.63, 3.8) is 0 Å². The number of rotatable bonds is 6. The molecule has 0 aromatic heterocycles.